The second-order valence-electron chi connectivity index (χ2n) is 4.05. The summed E-state index contributed by atoms with van der Waals surface area (Å²) < 4.78 is 10.3. The topological polar surface area (TPSA) is 54.0 Å². The Bertz CT molecular complexity index is 409. The van der Waals surface area contributed by atoms with Crippen molar-refractivity contribution in [3.8, 4) is 11.5 Å². The van der Waals surface area contributed by atoms with Crippen LogP contribution in [0.5, 0.6) is 11.5 Å². The summed E-state index contributed by atoms with van der Waals surface area (Å²) >= 11 is 5.97. The number of hydrogen-bond donors (Lipinski definition) is 2. The lowest BCUT2D eigenvalue weighted by molar-refractivity contribution is 0.0104. The van der Waals surface area contributed by atoms with Crippen LogP contribution < -0.4 is 10.2 Å². The number of phenolic OH excluding ortho intramolecular Hbond substituents is 1. The van der Waals surface area contributed by atoms with Crippen molar-refractivity contribution in [2.24, 2.45) is 0 Å². The minimum absolute atomic E-state index is 0.127. The van der Waals surface area contributed by atoms with E-state index in [1.807, 2.05) is 0 Å². The summed E-state index contributed by atoms with van der Waals surface area (Å²) in [7, 11) is 1.50. The molecule has 1 heterocycles. The van der Waals surface area contributed by atoms with Gasteiger partial charge in [-0.2, -0.15) is 0 Å². The molecule has 1 saturated heterocycles. The van der Waals surface area contributed by atoms with Crippen molar-refractivity contribution in [1.29, 1.82) is 0 Å². The fourth-order valence-electron chi connectivity index (χ4n) is 1.84. The van der Waals surface area contributed by atoms with Gasteiger partial charge in [0.2, 0.25) is 0 Å². The molecular formula is C12H17ClN2O3. The lowest BCUT2D eigenvalue weighted by Gasteiger charge is -2.27. The van der Waals surface area contributed by atoms with Crippen LogP contribution in [0.1, 0.15) is 5.56 Å². The number of morpholine rings is 1. The van der Waals surface area contributed by atoms with E-state index in [-0.39, 0.29) is 5.75 Å². The molecule has 6 heteroatoms. The predicted molar refractivity (Wildman–Crippen MR) is 68.9 cm³/mol. The quantitative estimate of drug-likeness (QED) is 0.868. The third-order valence-corrected chi connectivity index (χ3v) is 3.06. The van der Waals surface area contributed by atoms with E-state index < -0.39 is 0 Å². The molecule has 1 aromatic rings. The minimum Gasteiger partial charge on any atom is -0.504 e. The largest absolute Gasteiger partial charge is 0.504 e. The summed E-state index contributed by atoms with van der Waals surface area (Å²) in [5, 5.41) is 12.6. The Hall–Kier alpha value is -1.01. The molecule has 0 atom stereocenters. The highest BCUT2D eigenvalue weighted by Gasteiger charge is 2.13. The van der Waals surface area contributed by atoms with Gasteiger partial charge in [0.25, 0.3) is 0 Å². The Balaban J connectivity index is 2.01. The van der Waals surface area contributed by atoms with Crippen molar-refractivity contribution in [2.75, 3.05) is 33.4 Å². The first kappa shape index (κ1) is 13.4. The Labute approximate surface area is 111 Å². The number of aromatic hydroxyl groups is 1. The average molecular weight is 273 g/mol. The molecule has 0 unspecified atom stereocenters. The molecule has 18 heavy (non-hydrogen) atoms. The van der Waals surface area contributed by atoms with Crippen molar-refractivity contribution in [1.82, 2.24) is 10.4 Å². The lowest BCUT2D eigenvalue weighted by Crippen LogP contribution is -2.45. The van der Waals surface area contributed by atoms with Crippen molar-refractivity contribution >= 4 is 11.6 Å². The minimum atomic E-state index is 0.127. The van der Waals surface area contributed by atoms with Gasteiger partial charge >= 0.3 is 0 Å². The van der Waals surface area contributed by atoms with Gasteiger partial charge in [0.1, 0.15) is 0 Å². The number of hydrogen-bond acceptors (Lipinski definition) is 5. The van der Waals surface area contributed by atoms with Crippen LogP contribution in [0, 0.1) is 0 Å². The molecule has 0 saturated carbocycles. The molecule has 1 aliphatic rings. The Morgan fingerprint density at radius 3 is 2.83 bits per heavy atom. The van der Waals surface area contributed by atoms with E-state index in [2.05, 4.69) is 10.4 Å². The second kappa shape index (κ2) is 6.24. The summed E-state index contributed by atoms with van der Waals surface area (Å²) in [4.78, 5) is 0. The van der Waals surface area contributed by atoms with Gasteiger partial charge in [-0.3, -0.25) is 5.43 Å². The van der Waals surface area contributed by atoms with Crippen LogP contribution in [-0.2, 0) is 11.3 Å². The zero-order chi connectivity index (χ0) is 13.0. The summed E-state index contributed by atoms with van der Waals surface area (Å²) in [6.45, 7) is 3.61. The molecular weight excluding hydrogens is 256 g/mol. The highest BCUT2D eigenvalue weighted by Crippen LogP contribution is 2.33. The van der Waals surface area contributed by atoms with E-state index in [0.717, 1.165) is 26.3 Å². The molecule has 0 aliphatic carbocycles. The number of phenols is 1. The SMILES string of the molecule is COc1cc(Cl)cc(CNN2CCOCC2)c1O. The molecule has 1 fully saturated rings. The zero-order valence-corrected chi connectivity index (χ0v) is 11.0. The smallest absolute Gasteiger partial charge is 0.162 e. The Morgan fingerprint density at radius 2 is 2.17 bits per heavy atom. The number of methoxy groups -OCH3 is 1. The van der Waals surface area contributed by atoms with Gasteiger partial charge in [0.05, 0.1) is 20.3 Å². The maximum atomic E-state index is 9.98. The molecule has 0 spiro atoms. The molecule has 0 radical (unpaired) electrons. The maximum Gasteiger partial charge on any atom is 0.162 e. The van der Waals surface area contributed by atoms with Crippen LogP contribution in [0.25, 0.3) is 0 Å². The third-order valence-electron chi connectivity index (χ3n) is 2.84. The maximum absolute atomic E-state index is 9.98. The van der Waals surface area contributed by atoms with E-state index in [9.17, 15) is 5.11 Å². The number of halogens is 1. The van der Waals surface area contributed by atoms with Crippen LogP contribution in [-0.4, -0.2) is 43.5 Å². The van der Waals surface area contributed by atoms with Gasteiger partial charge < -0.3 is 14.6 Å². The van der Waals surface area contributed by atoms with E-state index in [0.29, 0.717) is 22.9 Å². The van der Waals surface area contributed by atoms with Crippen LogP contribution >= 0.6 is 11.6 Å². The third kappa shape index (κ3) is 3.26. The van der Waals surface area contributed by atoms with E-state index in [1.54, 1.807) is 12.1 Å². The lowest BCUT2D eigenvalue weighted by atomic mass is 10.2. The molecule has 2 rings (SSSR count). The van der Waals surface area contributed by atoms with Gasteiger partial charge in [-0.25, -0.2) is 5.01 Å². The zero-order valence-electron chi connectivity index (χ0n) is 10.3. The summed E-state index contributed by atoms with van der Waals surface area (Å²) in [6, 6.07) is 3.32. The summed E-state index contributed by atoms with van der Waals surface area (Å²) in [5.41, 5.74) is 3.95. The van der Waals surface area contributed by atoms with Crippen molar-refractivity contribution in [3.63, 3.8) is 0 Å². The van der Waals surface area contributed by atoms with E-state index in [1.165, 1.54) is 7.11 Å². The first-order valence-corrected chi connectivity index (χ1v) is 6.20. The Morgan fingerprint density at radius 1 is 1.44 bits per heavy atom. The molecule has 5 nitrogen and oxygen atoms in total. The van der Waals surface area contributed by atoms with E-state index >= 15 is 0 Å². The molecule has 1 aromatic carbocycles. The molecule has 1 aliphatic heterocycles. The number of hydrazine groups is 1. The number of benzene rings is 1. The van der Waals surface area contributed by atoms with E-state index in [4.69, 9.17) is 21.1 Å². The predicted octanol–water partition coefficient (Wildman–Crippen LogP) is 1.39. The molecule has 100 valence electrons. The van der Waals surface area contributed by atoms with Gasteiger partial charge in [0, 0.05) is 36.3 Å². The van der Waals surface area contributed by atoms with Crippen molar-refractivity contribution in [3.05, 3.63) is 22.7 Å². The van der Waals surface area contributed by atoms with Gasteiger partial charge in [0.15, 0.2) is 11.5 Å². The monoisotopic (exact) mass is 272 g/mol. The number of nitrogens with zero attached hydrogens (tertiary/aromatic N) is 1. The van der Waals surface area contributed by atoms with Crippen LogP contribution in [0.3, 0.4) is 0 Å². The molecule has 0 aromatic heterocycles. The number of ether oxygens (including phenoxy) is 2. The second-order valence-corrected chi connectivity index (χ2v) is 4.49. The van der Waals surface area contributed by atoms with Crippen LogP contribution in [0.15, 0.2) is 12.1 Å². The number of nitrogens with one attached hydrogen (secondary N) is 1. The fourth-order valence-corrected chi connectivity index (χ4v) is 2.07. The fraction of sp³-hybridized carbons (Fsp3) is 0.500. The van der Waals surface area contributed by atoms with Crippen molar-refractivity contribution in [2.45, 2.75) is 6.54 Å². The van der Waals surface area contributed by atoms with Gasteiger partial charge in [-0.15, -0.1) is 0 Å². The first-order chi connectivity index (χ1) is 8.70. The Kier molecular flexibility index (Phi) is 4.66. The molecule has 0 amide bonds. The highest BCUT2D eigenvalue weighted by atomic mass is 35.5. The average Bonchev–Trinajstić information content (AvgIpc) is 2.40. The van der Waals surface area contributed by atoms with Crippen LogP contribution in [0.2, 0.25) is 5.02 Å². The standard InChI is InChI=1S/C12H17ClN2O3/c1-17-11-7-10(13)6-9(12(11)16)8-14-15-2-4-18-5-3-15/h6-7,14,16H,2-5,8H2,1H3. The molecule has 2 N–H and O–H groups in total. The van der Waals surface area contributed by atoms with Crippen LogP contribution in [0.4, 0.5) is 0 Å². The van der Waals surface area contributed by atoms with Gasteiger partial charge in [-0.1, -0.05) is 11.6 Å². The molecule has 0 bridgehead atoms. The van der Waals surface area contributed by atoms with Gasteiger partial charge in [-0.05, 0) is 6.07 Å². The normalized spacial score (nSPS) is 16.8. The van der Waals surface area contributed by atoms with Crippen molar-refractivity contribution < 1.29 is 14.6 Å². The summed E-state index contributed by atoms with van der Waals surface area (Å²) in [5.74, 6) is 0.518. The number of rotatable bonds is 4. The summed E-state index contributed by atoms with van der Waals surface area (Å²) in [6.07, 6.45) is 0. The highest BCUT2D eigenvalue weighted by molar-refractivity contribution is 6.30. The first-order valence-electron chi connectivity index (χ1n) is 5.82.